The molecule has 4 heterocycles. The largest absolute Gasteiger partial charge is 0.491 e. The fraction of sp³-hybridized carbons (Fsp3) is 0.643. The number of aromatic nitrogens is 1. The minimum absolute atomic E-state index is 0.0592. The van der Waals surface area contributed by atoms with Crippen LogP contribution in [0.2, 0.25) is 0 Å². The number of carboxylic acid groups (broad SMARTS) is 1. The maximum absolute atomic E-state index is 15.2. The van der Waals surface area contributed by atoms with E-state index in [1.54, 1.807) is 25.1 Å². The smallest absolute Gasteiger partial charge is 0.411 e. The van der Waals surface area contributed by atoms with Crippen LogP contribution in [-0.2, 0) is 30.8 Å². The van der Waals surface area contributed by atoms with Crippen molar-refractivity contribution in [2.24, 2.45) is 17.8 Å². The van der Waals surface area contributed by atoms with Crippen LogP contribution >= 0.6 is 0 Å². The molecular formula is C42H54F3N5O9S. The highest BCUT2D eigenvalue weighted by atomic mass is 32.2. The summed E-state index contributed by atoms with van der Waals surface area (Å²) >= 11 is 0. The SMILES string of the molecule is CC[C@@H]1C[C@H](C)CC/C=C\[C@@H]2C[C@@]2(C(=O)NS(=O)(=O)C2(C)CC2)NC(=O)[C@@H]2C[C@@H](Oc3nc4c(c5ccccc35)OCCC4)CN2C(=O)[C@H]1N(C(=O)O)C(C)(C)C(F)(F)F. The Hall–Kier alpha value is -4.61. The number of benzene rings is 1. The monoisotopic (exact) mass is 861 g/mol. The lowest BCUT2D eigenvalue weighted by atomic mass is 9.82. The van der Waals surface area contributed by atoms with Crippen LogP contribution in [0.25, 0.3) is 10.8 Å². The first-order valence-electron chi connectivity index (χ1n) is 20.8. The second-order valence-electron chi connectivity index (χ2n) is 18.0. The lowest BCUT2D eigenvalue weighted by Gasteiger charge is -2.46. The molecule has 18 heteroatoms. The van der Waals surface area contributed by atoms with Gasteiger partial charge in [0.25, 0.3) is 5.91 Å². The molecule has 2 saturated carbocycles. The third-order valence-corrected chi connectivity index (χ3v) is 15.5. The van der Waals surface area contributed by atoms with Crippen molar-refractivity contribution in [3.8, 4) is 11.6 Å². The second kappa shape index (κ2) is 15.7. The molecule has 0 spiro atoms. The number of hydrogen-bond acceptors (Lipinski definition) is 9. The highest BCUT2D eigenvalue weighted by Crippen LogP contribution is 2.48. The summed E-state index contributed by atoms with van der Waals surface area (Å²) in [4.78, 5) is 63.1. The van der Waals surface area contributed by atoms with Gasteiger partial charge in [0.1, 0.15) is 35.0 Å². The van der Waals surface area contributed by atoms with E-state index in [-0.39, 0.29) is 48.9 Å². The van der Waals surface area contributed by atoms with E-state index in [1.165, 1.54) is 6.92 Å². The zero-order valence-corrected chi connectivity index (χ0v) is 35.3. The van der Waals surface area contributed by atoms with Crippen LogP contribution in [-0.4, -0.2) is 105 Å². The number of halogens is 3. The number of alkyl halides is 3. The van der Waals surface area contributed by atoms with E-state index in [0.29, 0.717) is 75.8 Å². The molecule has 1 aromatic heterocycles. The van der Waals surface area contributed by atoms with Crippen LogP contribution < -0.4 is 19.5 Å². The van der Waals surface area contributed by atoms with Crippen molar-refractivity contribution in [2.45, 2.75) is 139 Å². The highest BCUT2D eigenvalue weighted by molar-refractivity contribution is 7.91. The number of sulfonamides is 1. The summed E-state index contributed by atoms with van der Waals surface area (Å²) in [5.41, 5.74) is -4.09. The van der Waals surface area contributed by atoms with E-state index in [4.69, 9.17) is 14.5 Å². The molecule has 7 rings (SSSR count). The average Bonchev–Trinajstić information content (AvgIpc) is 4.07. The zero-order valence-electron chi connectivity index (χ0n) is 34.5. The topological polar surface area (TPSA) is 185 Å². The number of aryl methyl sites for hydroxylation is 1. The molecule has 2 aromatic rings. The first-order valence-corrected chi connectivity index (χ1v) is 22.3. The number of fused-ring (bicyclic) bond motifs is 5. The lowest BCUT2D eigenvalue weighted by Crippen LogP contribution is -2.66. The Balaban J connectivity index is 1.31. The molecule has 2 aliphatic carbocycles. The van der Waals surface area contributed by atoms with Crippen LogP contribution in [0, 0.1) is 17.8 Å². The summed E-state index contributed by atoms with van der Waals surface area (Å²) in [6.07, 6.45) is -1.21. The normalized spacial score (nSPS) is 30.0. The average molecular weight is 862 g/mol. The fourth-order valence-electron chi connectivity index (χ4n) is 9.02. The van der Waals surface area contributed by atoms with Crippen molar-refractivity contribution >= 4 is 44.6 Å². The molecule has 1 aromatic carbocycles. The summed E-state index contributed by atoms with van der Waals surface area (Å²) in [6, 6.07) is 3.93. The van der Waals surface area contributed by atoms with E-state index in [0.717, 1.165) is 10.3 Å². The third-order valence-electron chi connectivity index (χ3n) is 13.3. The van der Waals surface area contributed by atoms with Gasteiger partial charge < -0.3 is 24.8 Å². The van der Waals surface area contributed by atoms with Gasteiger partial charge in [0.2, 0.25) is 27.7 Å². The highest BCUT2D eigenvalue weighted by Gasteiger charge is 2.64. The number of nitrogens with one attached hydrogen (secondary N) is 2. The number of carbonyl (C=O) groups excluding carboxylic acids is 3. The van der Waals surface area contributed by atoms with E-state index in [1.807, 2.05) is 25.1 Å². The van der Waals surface area contributed by atoms with Crippen molar-refractivity contribution in [3.05, 3.63) is 42.1 Å². The maximum Gasteiger partial charge on any atom is 0.411 e. The van der Waals surface area contributed by atoms with Gasteiger partial charge in [-0.2, -0.15) is 13.2 Å². The molecule has 328 valence electrons. The van der Waals surface area contributed by atoms with Gasteiger partial charge in [0.15, 0.2) is 0 Å². The molecule has 14 nitrogen and oxygen atoms in total. The number of rotatable bonds is 8. The summed E-state index contributed by atoms with van der Waals surface area (Å²) in [5, 5.41) is 14.7. The van der Waals surface area contributed by atoms with Crippen LogP contribution in [0.5, 0.6) is 11.6 Å². The predicted octanol–water partition coefficient (Wildman–Crippen LogP) is 5.87. The molecule has 0 unspecified atom stereocenters. The summed E-state index contributed by atoms with van der Waals surface area (Å²) < 4.78 is 84.6. The fourth-order valence-corrected chi connectivity index (χ4v) is 10.3. The van der Waals surface area contributed by atoms with Crippen molar-refractivity contribution < 1.29 is 55.3 Å². The molecule has 0 radical (unpaired) electrons. The summed E-state index contributed by atoms with van der Waals surface area (Å²) in [6.45, 7) is 6.70. The second-order valence-corrected chi connectivity index (χ2v) is 20.2. The summed E-state index contributed by atoms with van der Waals surface area (Å²) in [5.74, 6) is -3.66. The Morgan fingerprint density at radius 2 is 1.85 bits per heavy atom. The Morgan fingerprint density at radius 3 is 2.50 bits per heavy atom. The van der Waals surface area contributed by atoms with E-state index < -0.39 is 85.9 Å². The Morgan fingerprint density at radius 1 is 1.15 bits per heavy atom. The first kappa shape index (κ1) is 43.5. The van der Waals surface area contributed by atoms with Gasteiger partial charge in [-0.3, -0.25) is 24.0 Å². The Bertz CT molecular complexity index is 2200. The number of amides is 4. The molecular weight excluding hydrogens is 808 g/mol. The van der Waals surface area contributed by atoms with Gasteiger partial charge in [-0.05, 0) is 90.0 Å². The zero-order chi connectivity index (χ0) is 43.6. The molecule has 60 heavy (non-hydrogen) atoms. The lowest BCUT2D eigenvalue weighted by molar-refractivity contribution is -0.222. The van der Waals surface area contributed by atoms with E-state index >= 15 is 4.79 Å². The number of nitrogens with zero attached hydrogens (tertiary/aromatic N) is 3. The number of allylic oxidation sites excluding steroid dienone is 1. The van der Waals surface area contributed by atoms with Crippen molar-refractivity contribution in [1.82, 2.24) is 24.8 Å². The Kier molecular flexibility index (Phi) is 11.4. The first-order chi connectivity index (χ1) is 28.1. The summed E-state index contributed by atoms with van der Waals surface area (Å²) in [7, 11) is -4.12. The standard InChI is InChI=1S/C42H54F3N5O9S/c1-6-25-20-24(2)12-7-8-13-26-22-41(26,37(53)48-60(56,57)40(5)17-18-40)47-34(51)31-21-27(23-49(31)36(52)32(25)50(38(54)55)39(3,4)42(43,44)45)59-35-29-15-10-9-14-28(29)33-30(46-35)16-11-19-58-33/h8-10,13-15,24-27,31-32H,6-7,11-12,16-23H2,1-5H3,(H,47,51)(H,48,53)(H,54,55)/b13-8-/t24-,25-,26-,27-,31+,32+,41-/m1/s1. The Labute approximate surface area is 347 Å². The molecule has 0 bridgehead atoms. The minimum Gasteiger partial charge on any atom is -0.491 e. The van der Waals surface area contributed by atoms with Crippen LogP contribution in [0.15, 0.2) is 36.4 Å². The van der Waals surface area contributed by atoms with Crippen LogP contribution in [0.4, 0.5) is 18.0 Å². The maximum atomic E-state index is 15.2. The molecule has 7 atom stereocenters. The van der Waals surface area contributed by atoms with E-state index in [9.17, 15) is 41.1 Å². The van der Waals surface area contributed by atoms with Gasteiger partial charge in [-0.15, -0.1) is 0 Å². The quantitative estimate of drug-likeness (QED) is 0.271. The van der Waals surface area contributed by atoms with Gasteiger partial charge in [0, 0.05) is 23.1 Å². The molecule has 3 fully saturated rings. The number of pyridine rings is 1. The van der Waals surface area contributed by atoms with Crippen LogP contribution in [0.1, 0.15) is 98.1 Å². The molecule has 3 aliphatic heterocycles. The van der Waals surface area contributed by atoms with E-state index in [2.05, 4.69) is 10.0 Å². The van der Waals surface area contributed by atoms with Crippen molar-refractivity contribution in [2.75, 3.05) is 13.2 Å². The van der Waals surface area contributed by atoms with Gasteiger partial charge >= 0.3 is 12.3 Å². The van der Waals surface area contributed by atoms with Gasteiger partial charge in [0.05, 0.1) is 23.6 Å². The molecule has 3 N–H and O–H groups in total. The van der Waals surface area contributed by atoms with Crippen molar-refractivity contribution in [3.63, 3.8) is 0 Å². The number of carbonyl (C=O) groups is 4. The van der Waals surface area contributed by atoms with Gasteiger partial charge in [-0.1, -0.05) is 50.6 Å². The minimum atomic E-state index is -5.09. The predicted molar refractivity (Wildman–Crippen MR) is 213 cm³/mol. The molecule has 4 amide bonds. The van der Waals surface area contributed by atoms with Gasteiger partial charge in [-0.25, -0.2) is 18.2 Å². The van der Waals surface area contributed by atoms with Crippen molar-refractivity contribution in [1.29, 1.82) is 0 Å². The third kappa shape index (κ3) is 7.88. The number of ether oxygens (including phenoxy) is 2. The van der Waals surface area contributed by atoms with Crippen LogP contribution in [0.3, 0.4) is 0 Å². The molecule has 1 saturated heterocycles. The number of hydrogen-bond donors (Lipinski definition) is 3. The molecule has 5 aliphatic rings.